The third-order valence-corrected chi connectivity index (χ3v) is 4.43. The fraction of sp³-hybridized carbons (Fsp3) is 0.235. The third kappa shape index (κ3) is 2.58. The van der Waals surface area contributed by atoms with Crippen molar-refractivity contribution in [3.63, 3.8) is 0 Å². The van der Waals surface area contributed by atoms with E-state index < -0.39 is 0 Å². The number of amides is 1. The van der Waals surface area contributed by atoms with Gasteiger partial charge in [-0.3, -0.25) is 15.0 Å². The highest BCUT2D eigenvalue weighted by molar-refractivity contribution is 5.96. The summed E-state index contributed by atoms with van der Waals surface area (Å²) < 4.78 is 14.0. The molecule has 0 saturated carbocycles. The monoisotopic (exact) mass is 325 g/mol. The van der Waals surface area contributed by atoms with E-state index in [0.29, 0.717) is 23.4 Å². The minimum Gasteiger partial charge on any atom is -0.323 e. The van der Waals surface area contributed by atoms with Crippen LogP contribution in [0.15, 0.2) is 36.7 Å². The van der Waals surface area contributed by atoms with Crippen LogP contribution in [0.25, 0.3) is 11.3 Å². The van der Waals surface area contributed by atoms with Gasteiger partial charge in [0.25, 0.3) is 0 Å². The van der Waals surface area contributed by atoms with E-state index in [1.807, 2.05) is 6.20 Å². The molecule has 2 heterocycles. The molecule has 0 spiro atoms. The number of hydrogen-bond donors (Lipinski definition) is 3. The molecule has 0 fully saturated rings. The molecule has 0 bridgehead atoms. The Morgan fingerprint density at radius 3 is 2.92 bits per heavy atom. The Morgan fingerprint density at radius 1 is 1.21 bits per heavy atom. The Kier molecular flexibility index (Phi) is 3.60. The fourth-order valence-corrected chi connectivity index (χ4v) is 3.12. The quantitative estimate of drug-likeness (QED) is 0.692. The van der Waals surface area contributed by atoms with Crippen molar-refractivity contribution in [3.05, 3.63) is 53.7 Å². The van der Waals surface area contributed by atoms with Crippen molar-refractivity contribution in [1.82, 2.24) is 20.4 Å². The van der Waals surface area contributed by atoms with E-state index in [0.717, 1.165) is 18.5 Å². The van der Waals surface area contributed by atoms with Crippen molar-refractivity contribution >= 4 is 11.6 Å². The Balaban J connectivity index is 1.54. The second-order valence-corrected chi connectivity index (χ2v) is 5.94. The van der Waals surface area contributed by atoms with Crippen LogP contribution in [-0.4, -0.2) is 26.3 Å². The van der Waals surface area contributed by atoms with Crippen LogP contribution in [0.1, 0.15) is 17.7 Å². The number of hydrogen-bond acceptors (Lipinski definition) is 3. The summed E-state index contributed by atoms with van der Waals surface area (Å²) in [6.45, 7) is 0. The molecule has 1 aliphatic carbocycles. The molecule has 3 aromatic rings. The average molecular weight is 325 g/mol. The van der Waals surface area contributed by atoms with Crippen LogP contribution in [0.4, 0.5) is 10.1 Å². The molecular formula is C17H16FN5O. The minimum absolute atomic E-state index is 0.0887. The van der Waals surface area contributed by atoms with Gasteiger partial charge in [0.15, 0.2) is 0 Å². The Hall–Kier alpha value is -2.96. The van der Waals surface area contributed by atoms with Gasteiger partial charge in [0, 0.05) is 23.6 Å². The fourth-order valence-electron chi connectivity index (χ4n) is 3.12. The van der Waals surface area contributed by atoms with Crippen molar-refractivity contribution in [1.29, 1.82) is 0 Å². The maximum Gasteiger partial charge on any atom is 0.227 e. The Morgan fingerprint density at radius 2 is 2.04 bits per heavy atom. The molecule has 4 rings (SSSR count). The molecule has 0 radical (unpaired) electrons. The van der Waals surface area contributed by atoms with Crippen molar-refractivity contribution in [2.24, 2.45) is 5.92 Å². The van der Waals surface area contributed by atoms with Crippen molar-refractivity contribution in [2.75, 3.05) is 5.32 Å². The van der Waals surface area contributed by atoms with Crippen LogP contribution in [0.5, 0.6) is 0 Å². The summed E-state index contributed by atoms with van der Waals surface area (Å²) in [6, 6.07) is 6.39. The number of halogens is 1. The second kappa shape index (κ2) is 5.92. The molecule has 3 N–H and O–H groups in total. The first kappa shape index (κ1) is 14.6. The van der Waals surface area contributed by atoms with Crippen molar-refractivity contribution in [3.8, 4) is 11.3 Å². The van der Waals surface area contributed by atoms with Crippen LogP contribution >= 0.6 is 0 Å². The van der Waals surface area contributed by atoms with E-state index in [1.54, 1.807) is 18.2 Å². The van der Waals surface area contributed by atoms with Gasteiger partial charge in [0.1, 0.15) is 5.82 Å². The number of carbonyl (C=O) groups is 1. The van der Waals surface area contributed by atoms with Gasteiger partial charge in [-0.1, -0.05) is 12.1 Å². The number of aromatic nitrogens is 4. The molecule has 1 aromatic carbocycles. The number of H-pyrrole nitrogens is 2. The number of nitrogens with one attached hydrogen (secondary N) is 3. The number of anilines is 1. The number of carbonyl (C=O) groups excluding carboxylic acids is 1. The standard InChI is InChI=1S/C17H16FN5O/c18-13-4-2-1-3-12(13)16-15(9-20-23-16)21-17(24)10-5-6-11-8-19-22-14(11)7-10/h1-4,8-10H,5-7H2,(H,19,22)(H,20,23)(H,21,24)/t10-/m0/s1. The van der Waals surface area contributed by atoms with Crippen LogP contribution in [0, 0.1) is 11.7 Å². The predicted octanol–water partition coefficient (Wildman–Crippen LogP) is 2.68. The van der Waals surface area contributed by atoms with Gasteiger partial charge >= 0.3 is 0 Å². The first-order chi connectivity index (χ1) is 11.7. The zero-order valence-corrected chi connectivity index (χ0v) is 12.8. The molecule has 0 aliphatic heterocycles. The van der Waals surface area contributed by atoms with E-state index >= 15 is 0 Å². The number of rotatable bonds is 3. The van der Waals surface area contributed by atoms with Gasteiger partial charge in [-0.25, -0.2) is 4.39 Å². The maximum absolute atomic E-state index is 14.0. The molecule has 0 saturated heterocycles. The third-order valence-electron chi connectivity index (χ3n) is 4.43. The number of benzene rings is 1. The highest BCUT2D eigenvalue weighted by Gasteiger charge is 2.27. The lowest BCUT2D eigenvalue weighted by Crippen LogP contribution is -2.28. The SMILES string of the molecule is O=C(Nc1cn[nH]c1-c1ccccc1F)[C@H]1CCc2cn[nH]c2C1. The Bertz CT molecular complexity index is 885. The summed E-state index contributed by atoms with van der Waals surface area (Å²) >= 11 is 0. The number of aryl methyl sites for hydroxylation is 1. The van der Waals surface area contributed by atoms with Crippen LogP contribution in [0.2, 0.25) is 0 Å². The summed E-state index contributed by atoms with van der Waals surface area (Å²) in [5.74, 6) is -0.590. The predicted molar refractivity (Wildman–Crippen MR) is 86.7 cm³/mol. The van der Waals surface area contributed by atoms with Crippen molar-refractivity contribution in [2.45, 2.75) is 19.3 Å². The summed E-state index contributed by atoms with van der Waals surface area (Å²) in [4.78, 5) is 12.6. The van der Waals surface area contributed by atoms with Crippen LogP contribution in [-0.2, 0) is 17.6 Å². The summed E-state index contributed by atoms with van der Waals surface area (Å²) in [6.07, 6.45) is 5.55. The highest BCUT2D eigenvalue weighted by atomic mass is 19.1. The summed E-state index contributed by atoms with van der Waals surface area (Å²) in [5.41, 5.74) is 3.53. The molecule has 1 aliphatic rings. The minimum atomic E-state index is -0.364. The smallest absolute Gasteiger partial charge is 0.227 e. The van der Waals surface area contributed by atoms with Gasteiger partial charge in [-0.2, -0.15) is 10.2 Å². The van der Waals surface area contributed by atoms with Gasteiger partial charge < -0.3 is 5.32 Å². The lowest BCUT2D eigenvalue weighted by molar-refractivity contribution is -0.120. The molecule has 122 valence electrons. The van der Waals surface area contributed by atoms with Crippen molar-refractivity contribution < 1.29 is 9.18 Å². The molecule has 1 atom stereocenters. The van der Waals surface area contributed by atoms with E-state index in [4.69, 9.17) is 0 Å². The normalized spacial score (nSPS) is 16.6. The highest BCUT2D eigenvalue weighted by Crippen LogP contribution is 2.29. The molecule has 0 unspecified atom stereocenters. The van der Waals surface area contributed by atoms with E-state index in [1.165, 1.54) is 17.8 Å². The lowest BCUT2D eigenvalue weighted by atomic mass is 9.87. The molecule has 6 nitrogen and oxygen atoms in total. The topological polar surface area (TPSA) is 86.5 Å². The van der Waals surface area contributed by atoms with Crippen LogP contribution in [0.3, 0.4) is 0 Å². The Labute approximate surface area is 137 Å². The zero-order valence-electron chi connectivity index (χ0n) is 12.8. The number of aromatic amines is 2. The lowest BCUT2D eigenvalue weighted by Gasteiger charge is -2.20. The summed E-state index contributed by atoms with van der Waals surface area (Å²) in [7, 11) is 0. The molecule has 2 aromatic heterocycles. The van der Waals surface area contributed by atoms with E-state index in [2.05, 4.69) is 25.7 Å². The molecular weight excluding hydrogens is 309 g/mol. The molecule has 1 amide bonds. The van der Waals surface area contributed by atoms with Gasteiger partial charge in [0.05, 0.1) is 23.8 Å². The largest absolute Gasteiger partial charge is 0.323 e. The average Bonchev–Trinajstić information content (AvgIpc) is 3.23. The number of nitrogens with zero attached hydrogens (tertiary/aromatic N) is 2. The number of fused-ring (bicyclic) bond motifs is 1. The van der Waals surface area contributed by atoms with E-state index in [-0.39, 0.29) is 17.6 Å². The molecule has 24 heavy (non-hydrogen) atoms. The van der Waals surface area contributed by atoms with Crippen LogP contribution < -0.4 is 5.32 Å². The maximum atomic E-state index is 14.0. The summed E-state index contributed by atoms with van der Waals surface area (Å²) in [5, 5.41) is 16.6. The second-order valence-electron chi connectivity index (χ2n) is 5.94. The van der Waals surface area contributed by atoms with E-state index in [9.17, 15) is 9.18 Å². The first-order valence-corrected chi connectivity index (χ1v) is 7.82. The van der Waals surface area contributed by atoms with Gasteiger partial charge in [-0.05, 0) is 30.5 Å². The zero-order chi connectivity index (χ0) is 16.5. The molecule has 7 heteroatoms. The first-order valence-electron chi connectivity index (χ1n) is 7.82. The van der Waals surface area contributed by atoms with Gasteiger partial charge in [-0.15, -0.1) is 0 Å². The van der Waals surface area contributed by atoms with Gasteiger partial charge in [0.2, 0.25) is 5.91 Å².